The van der Waals surface area contributed by atoms with Gasteiger partial charge in [0, 0.05) is 17.8 Å². The Morgan fingerprint density at radius 2 is 1.90 bits per heavy atom. The van der Waals surface area contributed by atoms with E-state index in [1.165, 1.54) is 0 Å². The van der Waals surface area contributed by atoms with Crippen molar-refractivity contribution < 1.29 is 5.11 Å². The van der Waals surface area contributed by atoms with Crippen molar-refractivity contribution in [3.8, 4) is 5.75 Å². The van der Waals surface area contributed by atoms with E-state index in [2.05, 4.69) is 20.5 Å². The van der Waals surface area contributed by atoms with E-state index in [-0.39, 0.29) is 5.75 Å². The first-order valence-electron chi connectivity index (χ1n) is 6.67. The summed E-state index contributed by atoms with van der Waals surface area (Å²) >= 11 is 0. The van der Waals surface area contributed by atoms with Crippen molar-refractivity contribution in [1.29, 1.82) is 0 Å². The van der Waals surface area contributed by atoms with Crippen LogP contribution >= 0.6 is 0 Å². The maximum atomic E-state index is 9.74. The molecule has 106 valence electrons. The van der Waals surface area contributed by atoms with Gasteiger partial charge in [0.05, 0.1) is 11.4 Å². The number of nitrogens with zero attached hydrogens (tertiary/aromatic N) is 3. The molecule has 2 aromatic rings. The lowest BCUT2D eigenvalue weighted by atomic mass is 10.2. The molecule has 0 spiro atoms. The van der Waals surface area contributed by atoms with E-state index in [4.69, 9.17) is 5.73 Å². The highest BCUT2D eigenvalue weighted by molar-refractivity contribution is 5.48. The predicted molar refractivity (Wildman–Crippen MR) is 78.4 cm³/mol. The Morgan fingerprint density at radius 1 is 1.15 bits per heavy atom. The van der Waals surface area contributed by atoms with Crippen LogP contribution in [-0.2, 0) is 19.4 Å². The summed E-state index contributed by atoms with van der Waals surface area (Å²) in [5, 5.41) is 21.0. The second-order valence-corrected chi connectivity index (χ2v) is 4.48. The SMILES string of the molecule is CCc1nnc(NCc2cc(N)ccc2O)nc1CC. The van der Waals surface area contributed by atoms with Gasteiger partial charge in [-0.25, -0.2) is 4.98 Å². The maximum Gasteiger partial charge on any atom is 0.243 e. The van der Waals surface area contributed by atoms with Crippen LogP contribution in [0.25, 0.3) is 0 Å². The monoisotopic (exact) mass is 273 g/mol. The summed E-state index contributed by atoms with van der Waals surface area (Å²) in [5.41, 5.74) is 8.87. The number of phenolic OH excluding ortho intramolecular Hbond substituents is 1. The third-order valence-corrected chi connectivity index (χ3v) is 3.05. The number of anilines is 2. The zero-order valence-electron chi connectivity index (χ0n) is 11.7. The second kappa shape index (κ2) is 6.18. The summed E-state index contributed by atoms with van der Waals surface area (Å²) in [7, 11) is 0. The van der Waals surface area contributed by atoms with Crippen molar-refractivity contribution >= 4 is 11.6 Å². The number of phenols is 1. The fraction of sp³-hybridized carbons (Fsp3) is 0.357. The lowest BCUT2D eigenvalue weighted by molar-refractivity contribution is 0.469. The minimum Gasteiger partial charge on any atom is -0.508 e. The Balaban J connectivity index is 2.12. The molecule has 0 radical (unpaired) electrons. The van der Waals surface area contributed by atoms with Crippen molar-refractivity contribution in [2.75, 3.05) is 11.1 Å². The molecule has 0 unspecified atom stereocenters. The number of nitrogens with one attached hydrogen (secondary N) is 1. The van der Waals surface area contributed by atoms with Crippen LogP contribution in [0.4, 0.5) is 11.6 Å². The summed E-state index contributed by atoms with van der Waals surface area (Å²) in [5.74, 6) is 0.654. The fourth-order valence-electron chi connectivity index (χ4n) is 1.93. The Kier molecular flexibility index (Phi) is 4.34. The van der Waals surface area contributed by atoms with E-state index in [1.54, 1.807) is 18.2 Å². The highest BCUT2D eigenvalue weighted by Crippen LogP contribution is 2.20. The Hall–Kier alpha value is -2.37. The predicted octanol–water partition coefficient (Wildman–Crippen LogP) is 1.90. The van der Waals surface area contributed by atoms with Crippen LogP contribution in [0.2, 0.25) is 0 Å². The average Bonchev–Trinajstić information content (AvgIpc) is 2.47. The minimum atomic E-state index is 0.195. The number of aromatic nitrogens is 3. The fourth-order valence-corrected chi connectivity index (χ4v) is 1.93. The molecule has 0 saturated heterocycles. The number of nitrogen functional groups attached to an aromatic ring is 1. The van der Waals surface area contributed by atoms with E-state index in [0.29, 0.717) is 23.7 Å². The van der Waals surface area contributed by atoms with E-state index < -0.39 is 0 Å². The van der Waals surface area contributed by atoms with Gasteiger partial charge >= 0.3 is 0 Å². The van der Waals surface area contributed by atoms with E-state index >= 15 is 0 Å². The normalized spacial score (nSPS) is 10.5. The van der Waals surface area contributed by atoms with Crippen molar-refractivity contribution in [2.45, 2.75) is 33.2 Å². The summed E-state index contributed by atoms with van der Waals surface area (Å²) in [4.78, 5) is 4.43. The van der Waals surface area contributed by atoms with E-state index in [9.17, 15) is 5.11 Å². The zero-order chi connectivity index (χ0) is 14.5. The molecule has 0 aliphatic heterocycles. The van der Waals surface area contributed by atoms with Gasteiger partial charge in [-0.1, -0.05) is 13.8 Å². The number of aryl methyl sites for hydroxylation is 2. The number of aromatic hydroxyl groups is 1. The van der Waals surface area contributed by atoms with Crippen molar-refractivity contribution in [3.05, 3.63) is 35.2 Å². The summed E-state index contributed by atoms with van der Waals surface area (Å²) in [6.07, 6.45) is 1.64. The first-order valence-corrected chi connectivity index (χ1v) is 6.67. The third kappa shape index (κ3) is 3.14. The first kappa shape index (κ1) is 14.0. The number of hydrogen-bond acceptors (Lipinski definition) is 6. The van der Waals surface area contributed by atoms with Gasteiger partial charge < -0.3 is 16.2 Å². The molecule has 2 rings (SSSR count). The maximum absolute atomic E-state index is 9.74. The molecule has 0 saturated carbocycles. The van der Waals surface area contributed by atoms with Gasteiger partial charge in [0.25, 0.3) is 0 Å². The molecule has 0 bridgehead atoms. The molecular weight excluding hydrogens is 254 g/mol. The molecular formula is C14H19N5O. The van der Waals surface area contributed by atoms with Crippen LogP contribution in [0.5, 0.6) is 5.75 Å². The van der Waals surface area contributed by atoms with Gasteiger partial charge in [0.1, 0.15) is 5.75 Å². The Morgan fingerprint density at radius 3 is 2.60 bits per heavy atom. The molecule has 6 heteroatoms. The van der Waals surface area contributed by atoms with Crippen molar-refractivity contribution in [1.82, 2.24) is 15.2 Å². The molecule has 1 aromatic heterocycles. The van der Waals surface area contributed by atoms with E-state index in [1.807, 2.05) is 13.8 Å². The van der Waals surface area contributed by atoms with Crippen LogP contribution in [0.1, 0.15) is 30.8 Å². The van der Waals surface area contributed by atoms with Crippen LogP contribution < -0.4 is 11.1 Å². The highest BCUT2D eigenvalue weighted by atomic mass is 16.3. The number of benzene rings is 1. The van der Waals surface area contributed by atoms with Gasteiger partial charge in [-0.15, -0.1) is 5.10 Å². The van der Waals surface area contributed by atoms with Crippen molar-refractivity contribution in [2.24, 2.45) is 0 Å². The first-order chi connectivity index (χ1) is 9.63. The lowest BCUT2D eigenvalue weighted by Gasteiger charge is -2.09. The quantitative estimate of drug-likeness (QED) is 0.568. The Labute approximate surface area is 118 Å². The summed E-state index contributed by atoms with van der Waals surface area (Å²) in [6.45, 7) is 4.46. The molecule has 1 aromatic carbocycles. The molecule has 0 atom stereocenters. The summed E-state index contributed by atoms with van der Waals surface area (Å²) < 4.78 is 0. The number of rotatable bonds is 5. The van der Waals surface area contributed by atoms with Crippen LogP contribution in [0.3, 0.4) is 0 Å². The lowest BCUT2D eigenvalue weighted by Crippen LogP contribution is -2.09. The molecule has 6 nitrogen and oxygen atoms in total. The molecule has 0 aliphatic carbocycles. The molecule has 20 heavy (non-hydrogen) atoms. The number of hydrogen-bond donors (Lipinski definition) is 3. The largest absolute Gasteiger partial charge is 0.508 e. The standard InChI is InChI=1S/C14H19N5O/c1-3-11-12(4-2)18-19-14(17-11)16-8-9-7-10(15)5-6-13(9)20/h5-7,20H,3-4,8,15H2,1-2H3,(H,16,17,19). The van der Waals surface area contributed by atoms with Gasteiger partial charge in [-0.2, -0.15) is 5.10 Å². The van der Waals surface area contributed by atoms with Gasteiger partial charge in [0.2, 0.25) is 5.95 Å². The van der Waals surface area contributed by atoms with Gasteiger partial charge in [-0.3, -0.25) is 0 Å². The second-order valence-electron chi connectivity index (χ2n) is 4.48. The summed E-state index contributed by atoms with van der Waals surface area (Å²) in [6, 6.07) is 4.95. The van der Waals surface area contributed by atoms with Gasteiger partial charge in [-0.05, 0) is 31.0 Å². The molecule has 0 aliphatic rings. The topological polar surface area (TPSA) is 97.0 Å². The number of nitrogens with two attached hydrogens (primary N) is 1. The smallest absolute Gasteiger partial charge is 0.243 e. The van der Waals surface area contributed by atoms with E-state index in [0.717, 1.165) is 24.2 Å². The minimum absolute atomic E-state index is 0.195. The Bertz CT molecular complexity index is 600. The highest BCUT2D eigenvalue weighted by Gasteiger charge is 2.07. The van der Waals surface area contributed by atoms with Gasteiger partial charge in [0.15, 0.2) is 0 Å². The molecule has 4 N–H and O–H groups in total. The molecule has 0 fully saturated rings. The molecule has 1 heterocycles. The van der Waals surface area contributed by atoms with Crippen LogP contribution in [0, 0.1) is 0 Å². The third-order valence-electron chi connectivity index (χ3n) is 3.05. The zero-order valence-corrected chi connectivity index (χ0v) is 11.7. The van der Waals surface area contributed by atoms with Crippen molar-refractivity contribution in [3.63, 3.8) is 0 Å². The molecule has 0 amide bonds. The average molecular weight is 273 g/mol. The van der Waals surface area contributed by atoms with Crippen LogP contribution in [0.15, 0.2) is 18.2 Å². The van der Waals surface area contributed by atoms with Crippen LogP contribution in [-0.4, -0.2) is 20.3 Å².